The van der Waals surface area contributed by atoms with E-state index in [0.29, 0.717) is 0 Å². The predicted octanol–water partition coefficient (Wildman–Crippen LogP) is 1.99. The lowest BCUT2D eigenvalue weighted by Crippen LogP contribution is -2.51. The van der Waals surface area contributed by atoms with Gasteiger partial charge in [0, 0.05) is 13.0 Å². The van der Waals surface area contributed by atoms with Gasteiger partial charge in [0.25, 0.3) is 0 Å². The van der Waals surface area contributed by atoms with Crippen LogP contribution in [0.1, 0.15) is 41.5 Å². The lowest BCUT2D eigenvalue weighted by atomic mass is 10.0. The fourth-order valence-electron chi connectivity index (χ4n) is 2.43. The maximum Gasteiger partial charge on any atom is 0.329 e. The molecule has 0 bridgehead atoms. The number of likely N-dealkylation sites (N-methyl/N-ethyl adjacent to an activating group) is 1. The molecular weight excluding hydrogens is 218 g/mol. The van der Waals surface area contributed by atoms with Gasteiger partial charge in [0.05, 0.1) is 0 Å². The second-order valence-corrected chi connectivity index (χ2v) is 6.64. The molecule has 1 rings (SSSR count). The Morgan fingerprint density at radius 3 is 1.71 bits per heavy atom. The van der Waals surface area contributed by atoms with Crippen molar-refractivity contribution in [1.29, 1.82) is 0 Å². The Bertz CT molecular complexity index is 355. The van der Waals surface area contributed by atoms with E-state index in [1.165, 1.54) is 4.90 Å². The highest BCUT2D eigenvalue weighted by molar-refractivity contribution is 5.90. The summed E-state index contributed by atoms with van der Waals surface area (Å²) in [5.74, 6) is -1.16. The maximum absolute atomic E-state index is 12.4. The number of nitrogens with zero attached hydrogens (tertiary/aromatic N) is 1. The van der Waals surface area contributed by atoms with Crippen molar-refractivity contribution in [2.24, 2.45) is 16.7 Å². The van der Waals surface area contributed by atoms with E-state index in [4.69, 9.17) is 5.11 Å². The molecule has 0 unspecified atom stereocenters. The molecule has 0 saturated heterocycles. The Hall–Kier alpha value is -1.06. The molecule has 1 N–H and O–H groups in total. The highest BCUT2D eigenvalue weighted by Crippen LogP contribution is 2.68. The van der Waals surface area contributed by atoms with Crippen LogP contribution in [0.4, 0.5) is 0 Å². The fourth-order valence-corrected chi connectivity index (χ4v) is 2.43. The number of carboxylic acids is 1. The standard InChI is InChI=1S/C13H23NO3/c1-11(2)8(12(11,3)4)9(15)14(7)13(5,6)10(16)17/h8H,1-7H3,(H,16,17). The van der Waals surface area contributed by atoms with Crippen LogP contribution in [0.2, 0.25) is 0 Å². The minimum Gasteiger partial charge on any atom is -0.480 e. The lowest BCUT2D eigenvalue weighted by molar-refractivity contribution is -0.156. The fraction of sp³-hybridized carbons (Fsp3) is 0.846. The summed E-state index contributed by atoms with van der Waals surface area (Å²) in [5.41, 5.74) is -1.29. The van der Waals surface area contributed by atoms with Gasteiger partial charge in [0.2, 0.25) is 5.91 Å². The first kappa shape index (κ1) is 14.0. The van der Waals surface area contributed by atoms with Crippen molar-refractivity contribution in [3.8, 4) is 0 Å². The van der Waals surface area contributed by atoms with Gasteiger partial charge in [0.15, 0.2) is 0 Å². The van der Waals surface area contributed by atoms with Gasteiger partial charge >= 0.3 is 5.97 Å². The van der Waals surface area contributed by atoms with Gasteiger partial charge in [-0.25, -0.2) is 4.79 Å². The van der Waals surface area contributed by atoms with E-state index in [0.717, 1.165) is 0 Å². The first-order chi connectivity index (χ1) is 7.38. The van der Waals surface area contributed by atoms with Gasteiger partial charge in [-0.2, -0.15) is 0 Å². The number of rotatable bonds is 3. The third kappa shape index (κ3) is 1.74. The molecule has 1 aliphatic rings. The minimum absolute atomic E-state index is 0.0626. The SMILES string of the molecule is CN(C(=O)C1C(C)(C)C1(C)C)C(C)(C)C(=O)O. The predicted molar refractivity (Wildman–Crippen MR) is 65.5 cm³/mol. The van der Waals surface area contributed by atoms with E-state index in [2.05, 4.69) is 27.7 Å². The molecule has 0 radical (unpaired) electrons. The molecule has 1 saturated carbocycles. The zero-order valence-corrected chi connectivity index (χ0v) is 11.8. The third-order valence-corrected chi connectivity index (χ3v) is 4.96. The summed E-state index contributed by atoms with van der Waals surface area (Å²) in [4.78, 5) is 24.8. The lowest BCUT2D eigenvalue weighted by Gasteiger charge is -2.32. The largest absolute Gasteiger partial charge is 0.480 e. The Labute approximate surface area is 103 Å². The minimum atomic E-state index is -1.16. The molecule has 17 heavy (non-hydrogen) atoms. The molecular formula is C13H23NO3. The number of aliphatic carboxylic acids is 1. The van der Waals surface area contributed by atoms with Crippen LogP contribution in [0.5, 0.6) is 0 Å². The van der Waals surface area contributed by atoms with Crippen LogP contribution in [-0.2, 0) is 9.59 Å². The highest BCUT2D eigenvalue weighted by Gasteiger charge is 2.69. The molecule has 0 aromatic rings. The zero-order chi connectivity index (χ0) is 13.8. The van der Waals surface area contributed by atoms with Gasteiger partial charge in [-0.05, 0) is 24.7 Å². The van der Waals surface area contributed by atoms with E-state index in [-0.39, 0.29) is 22.7 Å². The van der Waals surface area contributed by atoms with Crippen molar-refractivity contribution in [2.75, 3.05) is 7.05 Å². The first-order valence-electron chi connectivity index (χ1n) is 5.89. The molecule has 0 atom stereocenters. The Kier molecular flexibility index (Phi) is 2.86. The molecule has 0 aromatic heterocycles. The topological polar surface area (TPSA) is 57.6 Å². The Balaban J connectivity index is 2.92. The molecule has 98 valence electrons. The van der Waals surface area contributed by atoms with Crippen molar-refractivity contribution in [3.63, 3.8) is 0 Å². The number of carbonyl (C=O) groups is 2. The van der Waals surface area contributed by atoms with Crippen molar-refractivity contribution >= 4 is 11.9 Å². The third-order valence-electron chi connectivity index (χ3n) is 4.96. The van der Waals surface area contributed by atoms with Gasteiger partial charge in [-0.15, -0.1) is 0 Å². The molecule has 1 fully saturated rings. The van der Waals surface area contributed by atoms with Crippen LogP contribution < -0.4 is 0 Å². The Morgan fingerprint density at radius 1 is 1.12 bits per heavy atom. The summed E-state index contributed by atoms with van der Waals surface area (Å²) >= 11 is 0. The summed E-state index contributed by atoms with van der Waals surface area (Å²) in [5, 5.41) is 9.13. The van der Waals surface area contributed by atoms with Crippen LogP contribution in [0.3, 0.4) is 0 Å². The van der Waals surface area contributed by atoms with Crippen LogP contribution in [0, 0.1) is 16.7 Å². The van der Waals surface area contributed by atoms with E-state index in [9.17, 15) is 9.59 Å². The summed E-state index contributed by atoms with van der Waals surface area (Å²) in [6, 6.07) is 0. The van der Waals surface area contributed by atoms with E-state index in [1.54, 1.807) is 20.9 Å². The van der Waals surface area contributed by atoms with E-state index < -0.39 is 11.5 Å². The van der Waals surface area contributed by atoms with Crippen molar-refractivity contribution in [1.82, 2.24) is 4.90 Å². The monoisotopic (exact) mass is 241 g/mol. The summed E-state index contributed by atoms with van der Waals surface area (Å²) in [6.07, 6.45) is 0. The van der Waals surface area contributed by atoms with Crippen LogP contribution in [0.15, 0.2) is 0 Å². The van der Waals surface area contributed by atoms with Gasteiger partial charge in [-0.1, -0.05) is 27.7 Å². The highest BCUT2D eigenvalue weighted by atomic mass is 16.4. The molecule has 0 heterocycles. The zero-order valence-electron chi connectivity index (χ0n) is 11.8. The molecule has 1 amide bonds. The Morgan fingerprint density at radius 2 is 1.47 bits per heavy atom. The van der Waals surface area contributed by atoms with Crippen LogP contribution in [0.25, 0.3) is 0 Å². The number of amides is 1. The number of carboxylic acid groups (broad SMARTS) is 1. The first-order valence-corrected chi connectivity index (χ1v) is 5.89. The smallest absolute Gasteiger partial charge is 0.329 e. The van der Waals surface area contributed by atoms with Crippen molar-refractivity contribution < 1.29 is 14.7 Å². The van der Waals surface area contributed by atoms with Crippen LogP contribution in [-0.4, -0.2) is 34.5 Å². The number of hydrogen-bond donors (Lipinski definition) is 1. The molecule has 0 spiro atoms. The van der Waals surface area contributed by atoms with Crippen molar-refractivity contribution in [2.45, 2.75) is 47.1 Å². The summed E-state index contributed by atoms with van der Waals surface area (Å²) in [7, 11) is 1.57. The molecule has 0 aromatic carbocycles. The van der Waals surface area contributed by atoms with E-state index in [1.807, 2.05) is 0 Å². The average Bonchev–Trinajstić information content (AvgIpc) is 2.55. The molecule has 4 heteroatoms. The van der Waals surface area contributed by atoms with Crippen molar-refractivity contribution in [3.05, 3.63) is 0 Å². The van der Waals surface area contributed by atoms with Gasteiger partial charge in [-0.3, -0.25) is 4.79 Å². The molecule has 1 aliphatic carbocycles. The molecule has 0 aliphatic heterocycles. The van der Waals surface area contributed by atoms with E-state index >= 15 is 0 Å². The van der Waals surface area contributed by atoms with Crippen LogP contribution >= 0.6 is 0 Å². The number of carbonyl (C=O) groups excluding carboxylic acids is 1. The average molecular weight is 241 g/mol. The second-order valence-electron chi connectivity index (χ2n) is 6.64. The number of hydrogen-bond acceptors (Lipinski definition) is 2. The summed E-state index contributed by atoms with van der Waals surface area (Å²) in [6.45, 7) is 11.3. The second kappa shape index (κ2) is 3.47. The van der Waals surface area contributed by atoms with Gasteiger partial charge in [0.1, 0.15) is 5.54 Å². The quantitative estimate of drug-likeness (QED) is 0.822. The molecule has 4 nitrogen and oxygen atoms in total. The summed E-state index contributed by atoms with van der Waals surface area (Å²) < 4.78 is 0. The van der Waals surface area contributed by atoms with Gasteiger partial charge < -0.3 is 10.0 Å². The normalized spacial score (nSPS) is 22.1. The maximum atomic E-state index is 12.4.